The SMILES string of the molecule is Cc1nc2cc([C@H]3CCO[C@@H](c4ccc(=O)n(C5CC5)c4)C3)c(=O)n(C3CC4(C3)CC(F)(F)C4)c2nc1C. The minimum absolute atomic E-state index is 0.00718. The first-order valence-electron chi connectivity index (χ1n) is 13.7. The fourth-order valence-electron chi connectivity index (χ4n) is 7.08. The number of rotatable bonds is 4. The second-order valence-corrected chi connectivity index (χ2v) is 12.2. The van der Waals surface area contributed by atoms with Crippen LogP contribution in [0.25, 0.3) is 11.2 Å². The predicted molar refractivity (Wildman–Crippen MR) is 138 cm³/mol. The van der Waals surface area contributed by atoms with E-state index in [-0.39, 0.29) is 53.5 Å². The van der Waals surface area contributed by atoms with Gasteiger partial charge in [0, 0.05) is 49.4 Å². The van der Waals surface area contributed by atoms with Crippen LogP contribution in [0.4, 0.5) is 8.78 Å². The van der Waals surface area contributed by atoms with Gasteiger partial charge in [0.25, 0.3) is 11.1 Å². The molecule has 0 aromatic carbocycles. The van der Waals surface area contributed by atoms with Gasteiger partial charge in [-0.15, -0.1) is 0 Å². The van der Waals surface area contributed by atoms with E-state index in [9.17, 15) is 18.4 Å². The highest BCUT2D eigenvalue weighted by Crippen LogP contribution is 2.65. The molecule has 200 valence electrons. The minimum atomic E-state index is -2.58. The summed E-state index contributed by atoms with van der Waals surface area (Å²) in [6.07, 6.45) is 6.07. The topological polar surface area (TPSA) is 79.0 Å². The Bertz CT molecular complexity index is 1560. The van der Waals surface area contributed by atoms with Crippen LogP contribution in [0.3, 0.4) is 0 Å². The maximum atomic E-state index is 14.1. The van der Waals surface area contributed by atoms with Gasteiger partial charge in [-0.25, -0.2) is 18.7 Å². The summed E-state index contributed by atoms with van der Waals surface area (Å²) in [6, 6.07) is 5.47. The summed E-state index contributed by atoms with van der Waals surface area (Å²) in [5.74, 6) is -2.62. The van der Waals surface area contributed by atoms with Crippen LogP contribution in [-0.2, 0) is 4.74 Å². The number of fused-ring (bicyclic) bond motifs is 1. The van der Waals surface area contributed by atoms with Crippen LogP contribution in [0.5, 0.6) is 0 Å². The van der Waals surface area contributed by atoms with Crippen LogP contribution in [0.1, 0.15) is 98.0 Å². The van der Waals surface area contributed by atoms with E-state index in [4.69, 9.17) is 14.7 Å². The maximum Gasteiger partial charge on any atom is 0.256 e. The Labute approximate surface area is 218 Å². The molecule has 3 aromatic rings. The van der Waals surface area contributed by atoms with Gasteiger partial charge < -0.3 is 9.30 Å². The number of aryl methyl sites for hydroxylation is 2. The van der Waals surface area contributed by atoms with E-state index in [0.29, 0.717) is 49.0 Å². The summed E-state index contributed by atoms with van der Waals surface area (Å²) in [6.45, 7) is 4.30. The van der Waals surface area contributed by atoms with Crippen molar-refractivity contribution in [2.24, 2.45) is 5.41 Å². The smallest absolute Gasteiger partial charge is 0.256 e. The molecule has 0 amide bonds. The van der Waals surface area contributed by atoms with Gasteiger partial charge in [-0.05, 0) is 81.4 Å². The van der Waals surface area contributed by atoms with E-state index in [2.05, 4.69) is 0 Å². The molecule has 1 spiro atoms. The lowest BCUT2D eigenvalue weighted by Gasteiger charge is -2.57. The zero-order valence-electron chi connectivity index (χ0n) is 21.8. The van der Waals surface area contributed by atoms with Crippen LogP contribution < -0.4 is 11.1 Å². The highest BCUT2D eigenvalue weighted by Gasteiger charge is 2.62. The maximum absolute atomic E-state index is 14.1. The standard InChI is InChI=1S/C29H32F2N4O3/c1-16-17(2)33-26-23(32-16)10-22(27(37)35(26)21-11-28(12-21)14-29(30,31)15-28)18-7-8-38-24(9-18)19-3-6-25(36)34(13-19)20-4-5-20/h3,6,10,13,18,20-21,24H,4-5,7-9,11-12,14-15H2,1-2H3/t18-,24+/m0/s1. The molecule has 3 saturated carbocycles. The van der Waals surface area contributed by atoms with Crippen molar-refractivity contribution in [3.05, 3.63) is 67.6 Å². The quantitative estimate of drug-likeness (QED) is 0.465. The Kier molecular flexibility index (Phi) is 5.26. The van der Waals surface area contributed by atoms with Gasteiger partial charge in [0.15, 0.2) is 5.65 Å². The van der Waals surface area contributed by atoms with Gasteiger partial charge in [-0.3, -0.25) is 14.2 Å². The number of pyridine rings is 2. The molecule has 38 heavy (non-hydrogen) atoms. The lowest BCUT2D eigenvalue weighted by atomic mass is 9.52. The van der Waals surface area contributed by atoms with Crippen molar-refractivity contribution in [3.63, 3.8) is 0 Å². The molecule has 7 nitrogen and oxygen atoms in total. The van der Waals surface area contributed by atoms with E-state index in [0.717, 1.165) is 29.8 Å². The fraction of sp³-hybridized carbons (Fsp3) is 0.586. The predicted octanol–water partition coefficient (Wildman–Crippen LogP) is 5.29. The van der Waals surface area contributed by atoms with Crippen LogP contribution in [0, 0.1) is 19.3 Å². The highest BCUT2D eigenvalue weighted by molar-refractivity contribution is 5.72. The second-order valence-electron chi connectivity index (χ2n) is 12.2. The Morgan fingerprint density at radius 2 is 1.74 bits per heavy atom. The summed E-state index contributed by atoms with van der Waals surface area (Å²) < 4.78 is 37.0. The number of aromatic nitrogens is 4. The molecule has 7 rings (SSSR count). The van der Waals surface area contributed by atoms with Gasteiger partial charge in [0.2, 0.25) is 5.92 Å². The molecule has 0 unspecified atom stereocenters. The first-order valence-corrected chi connectivity index (χ1v) is 13.7. The van der Waals surface area contributed by atoms with Crippen molar-refractivity contribution < 1.29 is 13.5 Å². The van der Waals surface area contributed by atoms with Crippen LogP contribution in [0.15, 0.2) is 34.0 Å². The number of ether oxygens (including phenoxy) is 1. The molecule has 0 radical (unpaired) electrons. The monoisotopic (exact) mass is 522 g/mol. The molecular weight excluding hydrogens is 490 g/mol. The van der Waals surface area contributed by atoms with Crippen LogP contribution in [0.2, 0.25) is 0 Å². The van der Waals surface area contributed by atoms with Gasteiger partial charge >= 0.3 is 0 Å². The largest absolute Gasteiger partial charge is 0.373 e. The molecule has 1 aliphatic heterocycles. The summed E-state index contributed by atoms with van der Waals surface area (Å²) in [5, 5.41) is 0. The van der Waals surface area contributed by atoms with Crippen LogP contribution >= 0.6 is 0 Å². The van der Waals surface area contributed by atoms with E-state index >= 15 is 0 Å². The van der Waals surface area contributed by atoms with Crippen molar-refractivity contribution in [2.45, 2.75) is 95.2 Å². The summed E-state index contributed by atoms with van der Waals surface area (Å²) in [7, 11) is 0. The zero-order chi connectivity index (χ0) is 26.4. The molecule has 3 aromatic heterocycles. The Morgan fingerprint density at radius 3 is 2.45 bits per heavy atom. The number of alkyl halides is 2. The summed E-state index contributed by atoms with van der Waals surface area (Å²) in [4.78, 5) is 35.9. The van der Waals surface area contributed by atoms with E-state index in [1.807, 2.05) is 36.7 Å². The Hall–Kier alpha value is -2.94. The lowest BCUT2D eigenvalue weighted by Crippen LogP contribution is -2.55. The molecule has 1 saturated heterocycles. The van der Waals surface area contributed by atoms with E-state index in [1.54, 1.807) is 10.6 Å². The molecule has 4 heterocycles. The number of hydrogen-bond acceptors (Lipinski definition) is 5. The van der Waals surface area contributed by atoms with Gasteiger partial charge in [0.05, 0.1) is 17.5 Å². The number of nitrogens with zero attached hydrogens (tertiary/aromatic N) is 4. The summed E-state index contributed by atoms with van der Waals surface area (Å²) in [5.41, 5.74) is 4.02. The third-order valence-electron chi connectivity index (χ3n) is 9.27. The molecular formula is C29H32F2N4O3. The molecule has 9 heteroatoms. The van der Waals surface area contributed by atoms with Crippen molar-refractivity contribution in [1.82, 2.24) is 19.1 Å². The normalized spacial score (nSPS) is 26.3. The summed E-state index contributed by atoms with van der Waals surface area (Å²) >= 11 is 0. The third kappa shape index (κ3) is 3.92. The van der Waals surface area contributed by atoms with E-state index in [1.165, 1.54) is 0 Å². The first kappa shape index (κ1) is 24.1. The van der Waals surface area contributed by atoms with Gasteiger partial charge in [-0.1, -0.05) is 0 Å². The highest BCUT2D eigenvalue weighted by atomic mass is 19.3. The fourth-order valence-corrected chi connectivity index (χ4v) is 7.08. The van der Waals surface area contributed by atoms with Crippen molar-refractivity contribution in [1.29, 1.82) is 0 Å². The number of hydrogen-bond donors (Lipinski definition) is 0. The molecule has 2 atom stereocenters. The van der Waals surface area contributed by atoms with Gasteiger partial charge in [-0.2, -0.15) is 0 Å². The Balaban J connectivity index is 1.24. The Morgan fingerprint density at radius 1 is 1.00 bits per heavy atom. The van der Waals surface area contributed by atoms with Crippen molar-refractivity contribution in [3.8, 4) is 0 Å². The third-order valence-corrected chi connectivity index (χ3v) is 9.27. The molecule has 0 N–H and O–H groups in total. The second kappa shape index (κ2) is 8.28. The van der Waals surface area contributed by atoms with Crippen LogP contribution in [-0.4, -0.2) is 31.6 Å². The van der Waals surface area contributed by atoms with E-state index < -0.39 is 5.92 Å². The average molecular weight is 523 g/mol. The van der Waals surface area contributed by atoms with Gasteiger partial charge in [0.1, 0.15) is 5.52 Å². The first-order chi connectivity index (χ1) is 18.1. The average Bonchev–Trinajstić information content (AvgIpc) is 3.68. The molecule has 4 fully saturated rings. The molecule has 3 aliphatic carbocycles. The molecule has 0 bridgehead atoms. The van der Waals surface area contributed by atoms with Crippen molar-refractivity contribution >= 4 is 11.2 Å². The lowest BCUT2D eigenvalue weighted by molar-refractivity contribution is -0.203. The zero-order valence-corrected chi connectivity index (χ0v) is 21.8. The van der Waals surface area contributed by atoms with Crippen molar-refractivity contribution in [2.75, 3.05) is 6.61 Å². The molecule has 4 aliphatic rings. The number of halogens is 2. The minimum Gasteiger partial charge on any atom is -0.373 e.